The predicted octanol–water partition coefficient (Wildman–Crippen LogP) is 2.33. The summed E-state index contributed by atoms with van der Waals surface area (Å²) in [6.45, 7) is 3.80. The maximum Gasteiger partial charge on any atom is 0.234 e. The lowest BCUT2D eigenvalue weighted by Crippen LogP contribution is -2.39. The van der Waals surface area contributed by atoms with Crippen molar-refractivity contribution in [2.24, 2.45) is 5.92 Å². The van der Waals surface area contributed by atoms with Crippen LogP contribution in [-0.2, 0) is 4.79 Å². The first-order valence-corrected chi connectivity index (χ1v) is 7.82. The molecule has 2 N–H and O–H groups in total. The van der Waals surface area contributed by atoms with Crippen molar-refractivity contribution in [2.75, 3.05) is 19.6 Å². The lowest BCUT2D eigenvalue weighted by Gasteiger charge is -2.15. The molecule has 1 aromatic rings. The van der Waals surface area contributed by atoms with E-state index in [9.17, 15) is 4.79 Å². The molecule has 0 aromatic heterocycles. The fourth-order valence-electron chi connectivity index (χ4n) is 1.85. The van der Waals surface area contributed by atoms with Gasteiger partial charge in [0.05, 0.1) is 13.1 Å². The summed E-state index contributed by atoms with van der Waals surface area (Å²) in [6.07, 6.45) is 2.54. The number of hydrogen-bond acceptors (Lipinski definition) is 3. The third-order valence-electron chi connectivity index (χ3n) is 3.14. The zero-order valence-corrected chi connectivity index (χ0v) is 13.3. The Morgan fingerprint density at radius 1 is 1.50 bits per heavy atom. The molecule has 1 aliphatic carbocycles. The van der Waals surface area contributed by atoms with E-state index in [0.29, 0.717) is 13.1 Å². The van der Waals surface area contributed by atoms with E-state index in [1.54, 1.807) is 0 Å². The van der Waals surface area contributed by atoms with Crippen molar-refractivity contribution in [3.8, 4) is 5.75 Å². The normalized spacial score (nSPS) is 15.7. The van der Waals surface area contributed by atoms with Crippen LogP contribution in [0.15, 0.2) is 28.7 Å². The van der Waals surface area contributed by atoms with Gasteiger partial charge in [0, 0.05) is 4.47 Å². The molecular weight excluding hydrogens is 320 g/mol. The van der Waals surface area contributed by atoms with Crippen LogP contribution in [0, 0.1) is 5.92 Å². The molecule has 0 spiro atoms. The van der Waals surface area contributed by atoms with Crippen molar-refractivity contribution in [3.63, 3.8) is 0 Å². The minimum atomic E-state index is -0.0586. The number of carbonyl (C=O) groups is 1. The molecule has 1 fully saturated rings. The highest BCUT2D eigenvalue weighted by molar-refractivity contribution is 9.10. The van der Waals surface area contributed by atoms with E-state index in [0.717, 1.165) is 22.7 Å². The first kappa shape index (κ1) is 15.3. The van der Waals surface area contributed by atoms with Crippen LogP contribution < -0.4 is 15.4 Å². The summed E-state index contributed by atoms with van der Waals surface area (Å²) in [6, 6.07) is 7.69. The summed E-state index contributed by atoms with van der Waals surface area (Å²) in [5.41, 5.74) is 0. The molecule has 1 atom stereocenters. The van der Waals surface area contributed by atoms with Crippen molar-refractivity contribution in [2.45, 2.75) is 25.9 Å². The summed E-state index contributed by atoms with van der Waals surface area (Å²) in [5.74, 6) is 1.62. The van der Waals surface area contributed by atoms with Gasteiger partial charge in [-0.2, -0.15) is 0 Å². The van der Waals surface area contributed by atoms with Gasteiger partial charge in [-0.3, -0.25) is 4.79 Å². The average Bonchev–Trinajstić information content (AvgIpc) is 3.20. The topological polar surface area (TPSA) is 50.4 Å². The standard InChI is InChI=1S/C15H21BrN2O2/c1-11(20-14-4-2-3-13(16)7-14)8-18-15(19)10-17-9-12-5-6-12/h2-4,7,11-12,17H,5-6,8-10H2,1H3,(H,18,19). The summed E-state index contributed by atoms with van der Waals surface area (Å²) in [4.78, 5) is 11.6. The Hall–Kier alpha value is -1.07. The molecule has 1 saturated carbocycles. The van der Waals surface area contributed by atoms with E-state index in [4.69, 9.17) is 4.74 Å². The number of amides is 1. The van der Waals surface area contributed by atoms with Gasteiger partial charge < -0.3 is 15.4 Å². The number of carbonyl (C=O) groups excluding carboxylic acids is 1. The first-order valence-electron chi connectivity index (χ1n) is 7.03. The van der Waals surface area contributed by atoms with Crippen LogP contribution in [0.3, 0.4) is 0 Å². The van der Waals surface area contributed by atoms with E-state index in [2.05, 4.69) is 26.6 Å². The fourth-order valence-corrected chi connectivity index (χ4v) is 2.22. The average molecular weight is 341 g/mol. The third kappa shape index (κ3) is 5.92. The molecule has 1 unspecified atom stereocenters. The SMILES string of the molecule is CC(CNC(=O)CNCC1CC1)Oc1cccc(Br)c1. The minimum Gasteiger partial charge on any atom is -0.489 e. The molecule has 5 heteroatoms. The Labute approximate surface area is 128 Å². The van der Waals surface area contributed by atoms with E-state index in [1.807, 2.05) is 31.2 Å². The Morgan fingerprint density at radius 2 is 2.30 bits per heavy atom. The van der Waals surface area contributed by atoms with Gasteiger partial charge in [-0.05, 0) is 50.4 Å². The third-order valence-corrected chi connectivity index (χ3v) is 3.63. The summed E-state index contributed by atoms with van der Waals surface area (Å²) in [5, 5.41) is 6.04. The van der Waals surface area contributed by atoms with E-state index in [1.165, 1.54) is 12.8 Å². The van der Waals surface area contributed by atoms with Crippen LogP contribution in [0.25, 0.3) is 0 Å². The minimum absolute atomic E-state index is 0.0235. The Balaban J connectivity index is 1.61. The molecule has 110 valence electrons. The van der Waals surface area contributed by atoms with Crippen LogP contribution in [-0.4, -0.2) is 31.6 Å². The molecule has 0 aliphatic heterocycles. The molecule has 0 bridgehead atoms. The molecule has 0 heterocycles. The molecule has 2 rings (SSSR count). The number of ether oxygens (including phenoxy) is 1. The summed E-state index contributed by atoms with van der Waals surface area (Å²) in [7, 11) is 0. The number of halogens is 1. The molecule has 1 aromatic carbocycles. The van der Waals surface area contributed by atoms with Crippen molar-refractivity contribution in [3.05, 3.63) is 28.7 Å². The Bertz CT molecular complexity index is 449. The molecule has 0 radical (unpaired) electrons. The highest BCUT2D eigenvalue weighted by Crippen LogP contribution is 2.27. The summed E-state index contributed by atoms with van der Waals surface area (Å²) < 4.78 is 6.72. The van der Waals surface area contributed by atoms with Crippen molar-refractivity contribution < 1.29 is 9.53 Å². The number of rotatable bonds is 8. The van der Waals surface area contributed by atoms with Gasteiger partial charge in [-0.25, -0.2) is 0 Å². The zero-order chi connectivity index (χ0) is 14.4. The van der Waals surface area contributed by atoms with Crippen molar-refractivity contribution in [1.29, 1.82) is 0 Å². The lowest BCUT2D eigenvalue weighted by atomic mass is 10.3. The van der Waals surface area contributed by atoms with Gasteiger partial charge in [0.15, 0.2) is 0 Å². The van der Waals surface area contributed by atoms with Gasteiger partial charge in [0.2, 0.25) is 5.91 Å². The molecule has 1 amide bonds. The monoisotopic (exact) mass is 340 g/mol. The summed E-state index contributed by atoms with van der Waals surface area (Å²) >= 11 is 3.40. The van der Waals surface area contributed by atoms with E-state index in [-0.39, 0.29) is 12.0 Å². The number of hydrogen-bond donors (Lipinski definition) is 2. The molecule has 20 heavy (non-hydrogen) atoms. The molecular formula is C15H21BrN2O2. The predicted molar refractivity (Wildman–Crippen MR) is 82.8 cm³/mol. The number of nitrogens with one attached hydrogen (secondary N) is 2. The Kier molecular flexibility index (Phi) is 5.86. The van der Waals surface area contributed by atoms with Crippen LogP contribution in [0.1, 0.15) is 19.8 Å². The largest absolute Gasteiger partial charge is 0.489 e. The van der Waals surface area contributed by atoms with Gasteiger partial charge in [-0.15, -0.1) is 0 Å². The maximum atomic E-state index is 11.6. The van der Waals surface area contributed by atoms with Crippen LogP contribution in [0.4, 0.5) is 0 Å². The van der Waals surface area contributed by atoms with Gasteiger partial charge in [-0.1, -0.05) is 22.0 Å². The van der Waals surface area contributed by atoms with Gasteiger partial charge in [0.1, 0.15) is 11.9 Å². The van der Waals surface area contributed by atoms with Crippen LogP contribution in [0.5, 0.6) is 5.75 Å². The van der Waals surface area contributed by atoms with Crippen molar-refractivity contribution >= 4 is 21.8 Å². The van der Waals surface area contributed by atoms with Crippen LogP contribution >= 0.6 is 15.9 Å². The van der Waals surface area contributed by atoms with Crippen molar-refractivity contribution in [1.82, 2.24) is 10.6 Å². The molecule has 1 aliphatic rings. The molecule has 0 saturated heterocycles. The molecule has 4 nitrogen and oxygen atoms in total. The van der Waals surface area contributed by atoms with E-state index < -0.39 is 0 Å². The Morgan fingerprint density at radius 3 is 3.00 bits per heavy atom. The highest BCUT2D eigenvalue weighted by Gasteiger charge is 2.20. The second-order valence-corrected chi connectivity index (χ2v) is 6.18. The smallest absolute Gasteiger partial charge is 0.234 e. The lowest BCUT2D eigenvalue weighted by molar-refractivity contribution is -0.120. The quantitative estimate of drug-likeness (QED) is 0.763. The highest BCUT2D eigenvalue weighted by atomic mass is 79.9. The fraction of sp³-hybridized carbons (Fsp3) is 0.533. The second-order valence-electron chi connectivity index (χ2n) is 5.26. The number of benzene rings is 1. The first-order chi connectivity index (χ1) is 9.63. The van der Waals surface area contributed by atoms with E-state index >= 15 is 0 Å². The van der Waals surface area contributed by atoms with Gasteiger partial charge in [0.25, 0.3) is 0 Å². The van der Waals surface area contributed by atoms with Gasteiger partial charge >= 0.3 is 0 Å². The van der Waals surface area contributed by atoms with Crippen LogP contribution in [0.2, 0.25) is 0 Å². The zero-order valence-electron chi connectivity index (χ0n) is 11.7. The maximum absolute atomic E-state index is 11.6. The second kappa shape index (κ2) is 7.64.